The van der Waals surface area contributed by atoms with E-state index < -0.39 is 56.2 Å². The number of sulfone groups is 1. The number of nitrogens with one attached hydrogen (secondary N) is 3. The highest BCUT2D eigenvalue weighted by atomic mass is 32.2. The molecule has 1 aliphatic carbocycles. The summed E-state index contributed by atoms with van der Waals surface area (Å²) in [5, 5.41) is 20.7. The van der Waals surface area contributed by atoms with Crippen molar-refractivity contribution in [2.24, 2.45) is 11.8 Å². The van der Waals surface area contributed by atoms with Crippen molar-refractivity contribution in [2.75, 3.05) is 52.2 Å². The van der Waals surface area contributed by atoms with Gasteiger partial charge in [0, 0.05) is 38.0 Å². The van der Waals surface area contributed by atoms with Crippen LogP contribution in [0.3, 0.4) is 0 Å². The largest absolute Gasteiger partial charge is 0.390 e. The summed E-state index contributed by atoms with van der Waals surface area (Å²) in [6.07, 6.45) is 5.43. The summed E-state index contributed by atoms with van der Waals surface area (Å²) in [4.78, 5) is 45.0. The van der Waals surface area contributed by atoms with Gasteiger partial charge in [-0.2, -0.15) is 0 Å². The third-order valence-electron chi connectivity index (χ3n) is 10.5. The van der Waals surface area contributed by atoms with Crippen molar-refractivity contribution in [1.29, 1.82) is 0 Å². The van der Waals surface area contributed by atoms with Gasteiger partial charge in [0.05, 0.1) is 42.7 Å². The van der Waals surface area contributed by atoms with E-state index in [9.17, 15) is 27.9 Å². The van der Waals surface area contributed by atoms with Crippen LogP contribution in [0.2, 0.25) is 0 Å². The third-order valence-corrected chi connectivity index (χ3v) is 12.7. The van der Waals surface area contributed by atoms with Gasteiger partial charge in [-0.25, -0.2) is 8.42 Å². The van der Waals surface area contributed by atoms with Crippen LogP contribution in [0.25, 0.3) is 0 Å². The van der Waals surface area contributed by atoms with Crippen LogP contribution in [-0.4, -0.2) is 128 Å². The van der Waals surface area contributed by atoms with E-state index in [0.29, 0.717) is 44.7 Å². The lowest BCUT2D eigenvalue weighted by atomic mass is 9.72. The normalized spacial score (nSPS) is 24.6. The molecule has 2 heterocycles. The summed E-state index contributed by atoms with van der Waals surface area (Å²) >= 11 is 0. The number of aliphatic hydroxyl groups is 1. The van der Waals surface area contributed by atoms with Crippen LogP contribution in [-0.2, 0) is 35.4 Å². The number of rotatable bonds is 13. The lowest BCUT2D eigenvalue weighted by molar-refractivity contribution is -0.133. The first-order valence-corrected chi connectivity index (χ1v) is 19.7. The molecule has 3 amide bonds. The number of morpholine rings is 1. The molecule has 1 aromatic carbocycles. The average Bonchev–Trinajstić information content (AvgIpc) is 3.02. The summed E-state index contributed by atoms with van der Waals surface area (Å²) in [6.45, 7) is 11.6. The Morgan fingerprint density at radius 2 is 1.61 bits per heavy atom. The van der Waals surface area contributed by atoms with Gasteiger partial charge in [0.1, 0.15) is 6.04 Å². The van der Waals surface area contributed by atoms with Crippen LogP contribution >= 0.6 is 0 Å². The first-order chi connectivity index (χ1) is 22.9. The molecule has 2 aliphatic heterocycles. The second-order valence-electron chi connectivity index (χ2n) is 15.9. The summed E-state index contributed by atoms with van der Waals surface area (Å²) < 4.78 is 29.7. The number of ether oxygens (including phenoxy) is 1. The summed E-state index contributed by atoms with van der Waals surface area (Å²) in [7, 11) is -3.83. The molecule has 0 spiro atoms. The fourth-order valence-corrected chi connectivity index (χ4v) is 7.94. The highest BCUT2D eigenvalue weighted by molar-refractivity contribution is 7.92. The minimum absolute atomic E-state index is 0.00180. The number of nitrogens with zero attached hydrogens (tertiary/aromatic N) is 2. The van der Waals surface area contributed by atoms with Crippen molar-refractivity contribution < 1.29 is 32.6 Å². The Morgan fingerprint density at radius 3 is 2.22 bits per heavy atom. The van der Waals surface area contributed by atoms with Crippen LogP contribution in [0, 0.1) is 11.8 Å². The first-order valence-electron chi connectivity index (χ1n) is 17.8. The van der Waals surface area contributed by atoms with Crippen LogP contribution in [0.4, 0.5) is 0 Å². The number of carbonyl (C=O) groups excluding carboxylic acids is 3. The quantitative estimate of drug-likeness (QED) is 0.239. The summed E-state index contributed by atoms with van der Waals surface area (Å²) in [6, 6.07) is 6.77. The first kappa shape index (κ1) is 39.2. The molecule has 0 aromatic heterocycles. The van der Waals surface area contributed by atoms with Gasteiger partial charge < -0.3 is 25.8 Å². The Balaban J connectivity index is 1.58. The molecule has 0 bridgehead atoms. The number of benzene rings is 1. The van der Waals surface area contributed by atoms with Gasteiger partial charge in [-0.15, -0.1) is 0 Å². The second kappa shape index (κ2) is 16.6. The number of hydrogen-bond donors (Lipinski definition) is 4. The molecule has 1 aromatic rings. The maximum absolute atomic E-state index is 14.2. The number of likely N-dealkylation sites (tertiary alicyclic amines) is 1. The molecule has 0 radical (unpaired) electrons. The van der Waals surface area contributed by atoms with Crippen molar-refractivity contribution in [1.82, 2.24) is 25.8 Å². The number of hydrogen-bond acceptors (Lipinski definition) is 9. The molecule has 12 nitrogen and oxygen atoms in total. The van der Waals surface area contributed by atoms with Gasteiger partial charge >= 0.3 is 0 Å². The number of fused-ring (bicyclic) bond motifs is 1. The molecule has 2 saturated heterocycles. The molecular weight excluding hydrogens is 646 g/mol. The van der Waals surface area contributed by atoms with E-state index in [-0.39, 0.29) is 25.4 Å². The van der Waals surface area contributed by atoms with Gasteiger partial charge in [-0.3, -0.25) is 24.2 Å². The Hall–Kier alpha value is -2.58. The standard InChI is InChI=1S/C36H59N5O7S/c1-35(2,3)39-33(44)29-21-26-14-10-11-15-27(26)22-41(29)23-30(42)28(20-25-12-8-7-9-13-25)37-34(45)32(36(4,5)49(6,46)47)38-31(43)24-40-16-18-48-19-17-40/h7-9,12-13,26-30,32,42H,10-11,14-24H2,1-6H3,(H,37,45)(H,38,43)(H,39,44)/t26-,27+,28-,29-,30+,32+/m0/s1. The maximum atomic E-state index is 14.2. The topological polar surface area (TPSA) is 157 Å². The van der Waals surface area contributed by atoms with E-state index in [4.69, 9.17) is 4.74 Å². The van der Waals surface area contributed by atoms with Gasteiger partial charge in [0.25, 0.3) is 0 Å². The van der Waals surface area contributed by atoms with Gasteiger partial charge in [0.2, 0.25) is 17.7 Å². The predicted molar refractivity (Wildman–Crippen MR) is 190 cm³/mol. The van der Waals surface area contributed by atoms with Crippen LogP contribution < -0.4 is 16.0 Å². The fraction of sp³-hybridized carbons (Fsp3) is 0.750. The lowest BCUT2D eigenvalue weighted by Gasteiger charge is -2.47. The molecule has 4 rings (SSSR count). The number of carbonyl (C=O) groups is 3. The van der Waals surface area contributed by atoms with Crippen LogP contribution in [0.15, 0.2) is 30.3 Å². The van der Waals surface area contributed by atoms with E-state index in [1.54, 1.807) is 0 Å². The predicted octanol–water partition coefficient (Wildman–Crippen LogP) is 1.51. The molecule has 0 unspecified atom stereocenters. The fourth-order valence-electron chi connectivity index (χ4n) is 7.35. The van der Waals surface area contributed by atoms with E-state index >= 15 is 0 Å². The van der Waals surface area contributed by atoms with E-state index in [0.717, 1.165) is 43.9 Å². The van der Waals surface area contributed by atoms with Crippen molar-refractivity contribution in [3.8, 4) is 0 Å². The number of β-amino-alcohol motifs (C(OH)–C–C–N with tert-alkyl or cyclic N) is 1. The second-order valence-corrected chi connectivity index (χ2v) is 18.5. The zero-order valence-corrected chi connectivity index (χ0v) is 31.1. The molecule has 3 fully saturated rings. The maximum Gasteiger partial charge on any atom is 0.244 e. The van der Waals surface area contributed by atoms with E-state index in [1.165, 1.54) is 13.8 Å². The molecule has 4 N–H and O–H groups in total. The van der Waals surface area contributed by atoms with Crippen LogP contribution in [0.1, 0.15) is 72.3 Å². The van der Waals surface area contributed by atoms with E-state index in [1.807, 2.05) is 56.0 Å². The van der Waals surface area contributed by atoms with Crippen molar-refractivity contribution in [2.45, 2.75) is 108 Å². The Morgan fingerprint density at radius 1 is 0.980 bits per heavy atom. The molecule has 3 aliphatic rings. The molecule has 13 heteroatoms. The molecule has 49 heavy (non-hydrogen) atoms. The minimum atomic E-state index is -3.83. The highest BCUT2D eigenvalue weighted by Gasteiger charge is 2.46. The number of amides is 3. The average molecular weight is 706 g/mol. The van der Waals surface area contributed by atoms with Crippen molar-refractivity contribution in [3.63, 3.8) is 0 Å². The van der Waals surface area contributed by atoms with Crippen molar-refractivity contribution in [3.05, 3.63) is 35.9 Å². The number of aliphatic hydroxyl groups excluding tert-OH is 1. The molecule has 276 valence electrons. The summed E-state index contributed by atoms with van der Waals surface area (Å²) in [5.41, 5.74) is 0.456. The zero-order chi connectivity index (χ0) is 36.0. The van der Waals surface area contributed by atoms with Crippen LogP contribution in [0.5, 0.6) is 0 Å². The van der Waals surface area contributed by atoms with Gasteiger partial charge in [-0.1, -0.05) is 49.6 Å². The molecule has 1 saturated carbocycles. The SMILES string of the molecule is CC(C)(C)NC(=O)[C@@H]1C[C@@H]2CCCC[C@@H]2CN1C[C@@H](O)[C@H](Cc1ccccc1)NC(=O)[C@@H](NC(=O)CN1CCOCC1)C(C)(C)S(C)(=O)=O. The molecular formula is C36H59N5O7S. The Kier molecular flexibility index (Phi) is 13.3. The smallest absolute Gasteiger partial charge is 0.244 e. The Labute approximate surface area is 293 Å². The lowest BCUT2D eigenvalue weighted by Crippen LogP contribution is -2.64. The Bertz CT molecular complexity index is 1380. The highest BCUT2D eigenvalue weighted by Crippen LogP contribution is 2.39. The monoisotopic (exact) mass is 705 g/mol. The van der Waals surface area contributed by atoms with Crippen molar-refractivity contribution >= 4 is 27.6 Å². The van der Waals surface area contributed by atoms with Gasteiger partial charge in [-0.05, 0) is 71.3 Å². The summed E-state index contributed by atoms with van der Waals surface area (Å²) in [5.74, 6) is -0.341. The third kappa shape index (κ3) is 11.0. The minimum Gasteiger partial charge on any atom is -0.390 e. The van der Waals surface area contributed by atoms with Gasteiger partial charge in [0.15, 0.2) is 9.84 Å². The number of piperidine rings is 1. The van der Waals surface area contributed by atoms with E-state index in [2.05, 4.69) is 20.9 Å². The molecule has 6 atom stereocenters. The zero-order valence-electron chi connectivity index (χ0n) is 30.2.